The predicted molar refractivity (Wildman–Crippen MR) is 65.0 cm³/mol. The molecule has 0 fully saturated rings. The molecule has 0 aromatic heterocycles. The molecule has 0 saturated carbocycles. The molecule has 0 aliphatic heterocycles. The molecule has 4 nitrogen and oxygen atoms in total. The Balaban J connectivity index is 2.48. The number of benzene rings is 1. The van der Waals surface area contributed by atoms with Gasteiger partial charge in [0.15, 0.2) is 0 Å². The second-order valence-electron chi connectivity index (χ2n) is 4.17. The summed E-state index contributed by atoms with van der Waals surface area (Å²) in [5, 5.41) is 11.3. The highest BCUT2D eigenvalue weighted by Crippen LogP contribution is 2.04. The SMILES string of the molecule is Cc1ccc(C(=O)N[C@@H](C)CCC(=O)O)cc1. The van der Waals surface area contributed by atoms with E-state index < -0.39 is 5.97 Å². The van der Waals surface area contributed by atoms with E-state index in [1.54, 1.807) is 19.1 Å². The Morgan fingerprint density at radius 1 is 1.29 bits per heavy atom. The summed E-state index contributed by atoms with van der Waals surface area (Å²) in [5.41, 5.74) is 1.69. The largest absolute Gasteiger partial charge is 0.481 e. The Kier molecular flexibility index (Phi) is 4.69. The molecule has 92 valence electrons. The van der Waals surface area contributed by atoms with Crippen LogP contribution in [0.15, 0.2) is 24.3 Å². The fourth-order valence-corrected chi connectivity index (χ4v) is 1.42. The number of hydrogen-bond donors (Lipinski definition) is 2. The molecule has 1 amide bonds. The van der Waals surface area contributed by atoms with Crippen LogP contribution in [0.25, 0.3) is 0 Å². The first-order chi connectivity index (χ1) is 7.99. The van der Waals surface area contributed by atoms with E-state index in [0.717, 1.165) is 5.56 Å². The minimum Gasteiger partial charge on any atom is -0.481 e. The molecule has 4 heteroatoms. The number of carboxylic acids is 1. The number of carbonyl (C=O) groups is 2. The lowest BCUT2D eigenvalue weighted by Gasteiger charge is -2.12. The Morgan fingerprint density at radius 3 is 2.41 bits per heavy atom. The Labute approximate surface area is 101 Å². The van der Waals surface area contributed by atoms with Crippen LogP contribution in [-0.4, -0.2) is 23.0 Å². The van der Waals surface area contributed by atoms with Crippen LogP contribution in [0.4, 0.5) is 0 Å². The summed E-state index contributed by atoms with van der Waals surface area (Å²) < 4.78 is 0. The van der Waals surface area contributed by atoms with E-state index >= 15 is 0 Å². The van der Waals surface area contributed by atoms with Gasteiger partial charge in [0.1, 0.15) is 0 Å². The smallest absolute Gasteiger partial charge is 0.303 e. The van der Waals surface area contributed by atoms with Gasteiger partial charge in [0.25, 0.3) is 5.91 Å². The first-order valence-corrected chi connectivity index (χ1v) is 5.58. The van der Waals surface area contributed by atoms with Gasteiger partial charge in [-0.05, 0) is 32.4 Å². The topological polar surface area (TPSA) is 66.4 Å². The van der Waals surface area contributed by atoms with E-state index in [0.29, 0.717) is 12.0 Å². The minimum atomic E-state index is -0.846. The van der Waals surface area contributed by atoms with Gasteiger partial charge in [-0.1, -0.05) is 17.7 Å². The molecule has 1 atom stereocenters. The number of nitrogens with one attached hydrogen (secondary N) is 1. The van der Waals surface area contributed by atoms with Crippen LogP contribution < -0.4 is 5.32 Å². The van der Waals surface area contributed by atoms with Crippen LogP contribution in [0.1, 0.15) is 35.7 Å². The quantitative estimate of drug-likeness (QED) is 0.820. The molecule has 0 unspecified atom stereocenters. The molecular formula is C13H17NO3. The lowest BCUT2D eigenvalue weighted by Crippen LogP contribution is -2.32. The van der Waals surface area contributed by atoms with Crippen molar-refractivity contribution in [2.24, 2.45) is 0 Å². The standard InChI is InChI=1S/C13H17NO3/c1-9-3-6-11(7-4-9)13(17)14-10(2)5-8-12(15)16/h3-4,6-7,10H,5,8H2,1-2H3,(H,14,17)(H,15,16)/t10-/m0/s1. The number of carbonyl (C=O) groups excluding carboxylic acids is 1. The van der Waals surface area contributed by atoms with Crippen molar-refractivity contribution >= 4 is 11.9 Å². The first-order valence-electron chi connectivity index (χ1n) is 5.58. The van der Waals surface area contributed by atoms with Crippen molar-refractivity contribution in [1.82, 2.24) is 5.32 Å². The van der Waals surface area contributed by atoms with Gasteiger partial charge in [0, 0.05) is 18.0 Å². The molecule has 2 N–H and O–H groups in total. The molecule has 0 bridgehead atoms. The highest BCUT2D eigenvalue weighted by atomic mass is 16.4. The maximum Gasteiger partial charge on any atom is 0.303 e. The highest BCUT2D eigenvalue weighted by molar-refractivity contribution is 5.94. The third-order valence-electron chi connectivity index (χ3n) is 2.48. The van der Waals surface area contributed by atoms with Crippen molar-refractivity contribution in [2.45, 2.75) is 32.7 Å². The van der Waals surface area contributed by atoms with Gasteiger partial charge >= 0.3 is 5.97 Å². The van der Waals surface area contributed by atoms with Gasteiger partial charge in [0.2, 0.25) is 0 Å². The van der Waals surface area contributed by atoms with Crippen molar-refractivity contribution in [1.29, 1.82) is 0 Å². The van der Waals surface area contributed by atoms with E-state index in [2.05, 4.69) is 5.32 Å². The zero-order valence-electron chi connectivity index (χ0n) is 10.1. The number of rotatable bonds is 5. The van der Waals surface area contributed by atoms with Crippen molar-refractivity contribution in [3.63, 3.8) is 0 Å². The van der Waals surface area contributed by atoms with E-state index in [4.69, 9.17) is 5.11 Å². The Hall–Kier alpha value is -1.84. The first kappa shape index (κ1) is 13.2. The molecule has 0 radical (unpaired) electrons. The van der Waals surface area contributed by atoms with Gasteiger partial charge in [-0.3, -0.25) is 9.59 Å². The molecule has 1 aromatic rings. The normalized spacial score (nSPS) is 11.9. The maximum atomic E-state index is 11.8. The van der Waals surface area contributed by atoms with Crippen LogP contribution in [0.3, 0.4) is 0 Å². The number of amides is 1. The average molecular weight is 235 g/mol. The second kappa shape index (κ2) is 6.03. The van der Waals surface area contributed by atoms with E-state index in [1.165, 1.54) is 0 Å². The molecule has 0 saturated heterocycles. The Bertz CT molecular complexity index is 398. The van der Waals surface area contributed by atoms with E-state index in [9.17, 15) is 9.59 Å². The third-order valence-corrected chi connectivity index (χ3v) is 2.48. The molecule has 1 aromatic carbocycles. The summed E-state index contributed by atoms with van der Waals surface area (Å²) in [6, 6.07) is 7.12. The summed E-state index contributed by atoms with van der Waals surface area (Å²) in [5.74, 6) is -1.01. The lowest BCUT2D eigenvalue weighted by atomic mass is 10.1. The summed E-state index contributed by atoms with van der Waals surface area (Å²) >= 11 is 0. The second-order valence-corrected chi connectivity index (χ2v) is 4.17. The zero-order valence-corrected chi connectivity index (χ0v) is 10.1. The fourth-order valence-electron chi connectivity index (χ4n) is 1.42. The third kappa shape index (κ3) is 4.68. The van der Waals surface area contributed by atoms with Gasteiger partial charge in [-0.15, -0.1) is 0 Å². The summed E-state index contributed by atoms with van der Waals surface area (Å²) in [4.78, 5) is 22.1. The summed E-state index contributed by atoms with van der Waals surface area (Å²) in [6.07, 6.45) is 0.502. The number of carboxylic acid groups (broad SMARTS) is 1. The van der Waals surface area contributed by atoms with Gasteiger partial charge < -0.3 is 10.4 Å². The van der Waals surface area contributed by atoms with Crippen molar-refractivity contribution in [3.8, 4) is 0 Å². The number of hydrogen-bond acceptors (Lipinski definition) is 2. The van der Waals surface area contributed by atoms with E-state index in [-0.39, 0.29) is 18.4 Å². The molecule has 0 spiro atoms. The van der Waals surface area contributed by atoms with Crippen LogP contribution in [0.2, 0.25) is 0 Å². The van der Waals surface area contributed by atoms with Crippen LogP contribution >= 0.6 is 0 Å². The van der Waals surface area contributed by atoms with Crippen molar-refractivity contribution < 1.29 is 14.7 Å². The summed E-state index contributed by atoms with van der Waals surface area (Å²) in [7, 11) is 0. The number of aryl methyl sites for hydroxylation is 1. The lowest BCUT2D eigenvalue weighted by molar-refractivity contribution is -0.137. The van der Waals surface area contributed by atoms with Crippen LogP contribution in [-0.2, 0) is 4.79 Å². The predicted octanol–water partition coefficient (Wildman–Crippen LogP) is 1.98. The average Bonchev–Trinajstić information content (AvgIpc) is 2.27. The number of aliphatic carboxylic acids is 1. The van der Waals surface area contributed by atoms with Gasteiger partial charge in [0.05, 0.1) is 0 Å². The molecular weight excluding hydrogens is 218 g/mol. The van der Waals surface area contributed by atoms with Gasteiger partial charge in [-0.25, -0.2) is 0 Å². The zero-order chi connectivity index (χ0) is 12.8. The minimum absolute atomic E-state index is 0.0648. The monoisotopic (exact) mass is 235 g/mol. The van der Waals surface area contributed by atoms with Crippen molar-refractivity contribution in [3.05, 3.63) is 35.4 Å². The van der Waals surface area contributed by atoms with Gasteiger partial charge in [-0.2, -0.15) is 0 Å². The molecule has 1 rings (SSSR count). The highest BCUT2D eigenvalue weighted by Gasteiger charge is 2.10. The van der Waals surface area contributed by atoms with Crippen molar-refractivity contribution in [2.75, 3.05) is 0 Å². The molecule has 0 heterocycles. The van der Waals surface area contributed by atoms with Crippen LogP contribution in [0, 0.1) is 6.92 Å². The maximum absolute atomic E-state index is 11.8. The summed E-state index contributed by atoms with van der Waals surface area (Å²) in [6.45, 7) is 3.76. The Morgan fingerprint density at radius 2 is 1.88 bits per heavy atom. The molecule has 0 aliphatic carbocycles. The van der Waals surface area contributed by atoms with E-state index in [1.807, 2.05) is 19.1 Å². The van der Waals surface area contributed by atoms with Crippen LogP contribution in [0.5, 0.6) is 0 Å². The fraction of sp³-hybridized carbons (Fsp3) is 0.385. The molecule has 17 heavy (non-hydrogen) atoms. The molecule has 0 aliphatic rings.